The molecular formula is C18H21ClN4O. The van der Waals surface area contributed by atoms with Crippen molar-refractivity contribution in [2.24, 2.45) is 5.92 Å². The molecule has 1 atom stereocenters. The molecule has 0 radical (unpaired) electrons. The molecule has 0 bridgehead atoms. The highest BCUT2D eigenvalue weighted by atomic mass is 35.5. The third-order valence-corrected chi connectivity index (χ3v) is 4.45. The summed E-state index contributed by atoms with van der Waals surface area (Å²) >= 11 is 5.98. The van der Waals surface area contributed by atoms with E-state index in [1.807, 2.05) is 37.3 Å². The second kappa shape index (κ2) is 7.62. The topological polar surface area (TPSA) is 58.1 Å². The summed E-state index contributed by atoms with van der Waals surface area (Å²) in [6, 6.07) is 9.42. The summed E-state index contributed by atoms with van der Waals surface area (Å²) in [4.78, 5) is 23.4. The van der Waals surface area contributed by atoms with Gasteiger partial charge in [0.25, 0.3) is 0 Å². The number of carbonyl (C=O) groups excluding carboxylic acids is 1. The van der Waals surface area contributed by atoms with Gasteiger partial charge in [-0.25, -0.2) is 9.97 Å². The van der Waals surface area contributed by atoms with Crippen molar-refractivity contribution >= 4 is 23.5 Å². The van der Waals surface area contributed by atoms with Crippen LogP contribution in [0.1, 0.15) is 24.1 Å². The van der Waals surface area contributed by atoms with Crippen LogP contribution in [-0.2, 0) is 11.3 Å². The first-order valence-corrected chi connectivity index (χ1v) is 8.56. The molecule has 6 heteroatoms. The van der Waals surface area contributed by atoms with Crippen molar-refractivity contribution in [3.8, 4) is 0 Å². The van der Waals surface area contributed by atoms with Gasteiger partial charge in [-0.05, 0) is 43.5 Å². The zero-order valence-corrected chi connectivity index (χ0v) is 14.5. The molecule has 1 saturated heterocycles. The molecular weight excluding hydrogens is 324 g/mol. The Hall–Kier alpha value is -2.14. The highest BCUT2D eigenvalue weighted by Crippen LogP contribution is 2.20. The molecule has 3 rings (SSSR count). The van der Waals surface area contributed by atoms with Crippen LogP contribution >= 0.6 is 11.6 Å². The third-order valence-electron chi connectivity index (χ3n) is 4.21. The molecule has 2 heterocycles. The lowest BCUT2D eigenvalue weighted by Crippen LogP contribution is -2.43. The summed E-state index contributed by atoms with van der Waals surface area (Å²) in [6.45, 7) is 3.99. The Labute approximate surface area is 147 Å². The molecule has 0 saturated carbocycles. The molecule has 0 aliphatic carbocycles. The first-order valence-electron chi connectivity index (χ1n) is 8.18. The highest BCUT2D eigenvalue weighted by Gasteiger charge is 2.26. The van der Waals surface area contributed by atoms with Crippen LogP contribution in [0.15, 0.2) is 36.5 Å². The lowest BCUT2D eigenvalue weighted by molar-refractivity contribution is -0.125. The van der Waals surface area contributed by atoms with Crippen LogP contribution in [0.3, 0.4) is 0 Å². The smallest absolute Gasteiger partial charge is 0.225 e. The van der Waals surface area contributed by atoms with Gasteiger partial charge in [-0.1, -0.05) is 23.7 Å². The van der Waals surface area contributed by atoms with Gasteiger partial charge in [0.1, 0.15) is 0 Å². The van der Waals surface area contributed by atoms with Crippen molar-refractivity contribution in [3.63, 3.8) is 0 Å². The van der Waals surface area contributed by atoms with Crippen molar-refractivity contribution in [2.45, 2.75) is 26.3 Å². The summed E-state index contributed by atoms with van der Waals surface area (Å²) in [6.07, 6.45) is 3.62. The van der Waals surface area contributed by atoms with E-state index in [0.29, 0.717) is 24.1 Å². The fraction of sp³-hybridized carbons (Fsp3) is 0.389. The van der Waals surface area contributed by atoms with Gasteiger partial charge in [-0.3, -0.25) is 4.79 Å². The number of hydrogen-bond donors (Lipinski definition) is 1. The second-order valence-electron chi connectivity index (χ2n) is 6.13. The minimum atomic E-state index is -0.0398. The summed E-state index contributed by atoms with van der Waals surface area (Å²) in [7, 11) is 0. The number of piperidine rings is 1. The van der Waals surface area contributed by atoms with E-state index in [1.165, 1.54) is 0 Å². The second-order valence-corrected chi connectivity index (χ2v) is 6.57. The SMILES string of the molecule is Cc1ccnc(N2CCC[C@H](C(=O)NCc3cccc(Cl)c3)C2)n1. The van der Waals surface area contributed by atoms with Crippen LogP contribution in [0.25, 0.3) is 0 Å². The van der Waals surface area contributed by atoms with Crippen LogP contribution in [0, 0.1) is 12.8 Å². The van der Waals surface area contributed by atoms with E-state index in [4.69, 9.17) is 11.6 Å². The van der Waals surface area contributed by atoms with Crippen LogP contribution in [0.2, 0.25) is 5.02 Å². The summed E-state index contributed by atoms with van der Waals surface area (Å²) < 4.78 is 0. The maximum atomic E-state index is 12.5. The maximum absolute atomic E-state index is 12.5. The van der Waals surface area contributed by atoms with Gasteiger partial charge in [0.05, 0.1) is 5.92 Å². The normalized spacial score (nSPS) is 17.6. The van der Waals surface area contributed by atoms with Crippen molar-refractivity contribution in [1.82, 2.24) is 15.3 Å². The molecule has 5 nitrogen and oxygen atoms in total. The molecule has 1 N–H and O–H groups in total. The molecule has 0 unspecified atom stereocenters. The van der Waals surface area contributed by atoms with Crippen molar-refractivity contribution in [1.29, 1.82) is 0 Å². The summed E-state index contributed by atoms with van der Waals surface area (Å²) in [5.74, 6) is 0.747. The average Bonchev–Trinajstić information content (AvgIpc) is 2.60. The number of aromatic nitrogens is 2. The van der Waals surface area contributed by atoms with E-state index in [-0.39, 0.29) is 11.8 Å². The molecule has 0 spiro atoms. The lowest BCUT2D eigenvalue weighted by atomic mass is 9.97. The van der Waals surface area contributed by atoms with Gasteiger partial charge >= 0.3 is 0 Å². The minimum absolute atomic E-state index is 0.0398. The number of aryl methyl sites for hydroxylation is 1. The van der Waals surface area contributed by atoms with Gasteiger partial charge in [0, 0.05) is 36.5 Å². The zero-order valence-electron chi connectivity index (χ0n) is 13.7. The predicted molar refractivity (Wildman–Crippen MR) is 95.0 cm³/mol. The Morgan fingerprint density at radius 3 is 3.08 bits per heavy atom. The Balaban J connectivity index is 1.59. The van der Waals surface area contributed by atoms with Crippen molar-refractivity contribution < 1.29 is 4.79 Å². The molecule has 1 amide bonds. The zero-order chi connectivity index (χ0) is 16.9. The average molecular weight is 345 g/mol. The molecule has 1 aromatic carbocycles. The molecule has 1 aromatic heterocycles. The number of hydrogen-bond acceptors (Lipinski definition) is 4. The van der Waals surface area contributed by atoms with Gasteiger partial charge in [-0.15, -0.1) is 0 Å². The fourth-order valence-electron chi connectivity index (χ4n) is 2.94. The molecule has 1 aliphatic heterocycles. The Morgan fingerprint density at radius 2 is 2.29 bits per heavy atom. The van der Waals surface area contributed by atoms with Crippen LogP contribution < -0.4 is 10.2 Å². The Bertz CT molecular complexity index is 722. The number of nitrogens with one attached hydrogen (secondary N) is 1. The number of carbonyl (C=O) groups is 1. The van der Waals surface area contributed by atoms with E-state index < -0.39 is 0 Å². The predicted octanol–water partition coefficient (Wildman–Crippen LogP) is 2.97. The number of halogens is 1. The standard InChI is InChI=1S/C18H21ClN4O/c1-13-7-8-20-18(22-13)23-9-3-5-15(12-23)17(24)21-11-14-4-2-6-16(19)10-14/h2,4,6-8,10,15H,3,5,9,11-12H2,1H3,(H,21,24)/t15-/m0/s1. The van der Waals surface area contributed by atoms with E-state index in [1.54, 1.807) is 6.20 Å². The van der Waals surface area contributed by atoms with Gasteiger partial charge in [-0.2, -0.15) is 0 Å². The van der Waals surface area contributed by atoms with E-state index in [0.717, 1.165) is 30.6 Å². The largest absolute Gasteiger partial charge is 0.352 e. The highest BCUT2D eigenvalue weighted by molar-refractivity contribution is 6.30. The molecule has 126 valence electrons. The van der Waals surface area contributed by atoms with Gasteiger partial charge < -0.3 is 10.2 Å². The summed E-state index contributed by atoms with van der Waals surface area (Å²) in [5, 5.41) is 3.70. The number of amides is 1. The van der Waals surface area contributed by atoms with Crippen LogP contribution in [-0.4, -0.2) is 29.0 Å². The first kappa shape index (κ1) is 16.7. The number of rotatable bonds is 4. The van der Waals surface area contributed by atoms with E-state index in [2.05, 4.69) is 20.2 Å². The number of anilines is 1. The number of nitrogens with zero attached hydrogens (tertiary/aromatic N) is 3. The van der Waals surface area contributed by atoms with Crippen molar-refractivity contribution in [3.05, 3.63) is 52.8 Å². The number of benzene rings is 1. The van der Waals surface area contributed by atoms with Crippen LogP contribution in [0.5, 0.6) is 0 Å². The van der Waals surface area contributed by atoms with Crippen molar-refractivity contribution in [2.75, 3.05) is 18.0 Å². The third kappa shape index (κ3) is 4.23. The van der Waals surface area contributed by atoms with E-state index in [9.17, 15) is 4.79 Å². The molecule has 24 heavy (non-hydrogen) atoms. The summed E-state index contributed by atoms with van der Waals surface area (Å²) in [5.41, 5.74) is 1.94. The van der Waals surface area contributed by atoms with Gasteiger partial charge in [0.15, 0.2) is 0 Å². The van der Waals surface area contributed by atoms with Crippen LogP contribution in [0.4, 0.5) is 5.95 Å². The first-order chi connectivity index (χ1) is 11.6. The minimum Gasteiger partial charge on any atom is -0.352 e. The molecule has 1 fully saturated rings. The molecule has 1 aliphatic rings. The monoisotopic (exact) mass is 344 g/mol. The molecule has 2 aromatic rings. The quantitative estimate of drug-likeness (QED) is 0.926. The van der Waals surface area contributed by atoms with E-state index >= 15 is 0 Å². The van der Waals surface area contributed by atoms with Gasteiger partial charge in [0.2, 0.25) is 11.9 Å². The Morgan fingerprint density at radius 1 is 1.42 bits per heavy atom. The Kier molecular flexibility index (Phi) is 5.30. The fourth-order valence-corrected chi connectivity index (χ4v) is 3.15. The maximum Gasteiger partial charge on any atom is 0.225 e. The lowest BCUT2D eigenvalue weighted by Gasteiger charge is -2.32.